The molecule has 7 nitrogen and oxygen atoms in total. The Hall–Kier alpha value is -2.28. The van der Waals surface area contributed by atoms with Gasteiger partial charge in [-0.25, -0.2) is 0 Å². The van der Waals surface area contributed by atoms with Gasteiger partial charge in [-0.05, 0) is 19.2 Å². The summed E-state index contributed by atoms with van der Waals surface area (Å²) in [5.41, 5.74) is 0.636. The highest BCUT2D eigenvalue weighted by atomic mass is 16.7. The molecule has 1 aromatic rings. The first-order valence-corrected chi connectivity index (χ1v) is 6.54. The number of fused-ring (bicyclic) bond motifs is 1. The molecule has 0 unspecified atom stereocenters. The van der Waals surface area contributed by atoms with E-state index in [4.69, 9.17) is 9.47 Å². The number of carbonyl (C=O) groups is 2. The number of amides is 2. The molecule has 2 rings (SSSR count). The average molecular weight is 293 g/mol. The number of rotatable bonds is 5. The van der Waals surface area contributed by atoms with Crippen LogP contribution in [0.4, 0.5) is 5.69 Å². The van der Waals surface area contributed by atoms with Crippen LogP contribution < -0.4 is 14.8 Å². The Kier molecular flexibility index (Phi) is 4.64. The molecule has 7 heteroatoms. The smallest absolute Gasteiger partial charge is 0.238 e. The summed E-state index contributed by atoms with van der Waals surface area (Å²) in [6.07, 6.45) is 0. The third-order valence-corrected chi connectivity index (χ3v) is 2.97. The standard InChI is InChI=1S/C14H19N3O4/c1-16(2)14(19)8-17(3)7-13(18)15-10-4-5-11-12(6-10)21-9-20-11/h4-6H,7-9H2,1-3H3,(H,15,18). The number of carbonyl (C=O) groups excluding carboxylic acids is 2. The summed E-state index contributed by atoms with van der Waals surface area (Å²) in [6.45, 7) is 0.525. The van der Waals surface area contributed by atoms with E-state index in [0.29, 0.717) is 17.2 Å². The predicted octanol–water partition coefficient (Wildman–Crippen LogP) is 0.374. The summed E-state index contributed by atoms with van der Waals surface area (Å²) < 4.78 is 10.5. The molecule has 1 aromatic carbocycles. The van der Waals surface area contributed by atoms with Gasteiger partial charge >= 0.3 is 0 Å². The minimum absolute atomic E-state index is 0.0478. The first-order valence-electron chi connectivity index (χ1n) is 6.54. The second kappa shape index (κ2) is 6.45. The Balaban J connectivity index is 1.85. The molecule has 0 radical (unpaired) electrons. The molecule has 1 aliphatic rings. The van der Waals surface area contributed by atoms with Gasteiger partial charge in [0.15, 0.2) is 11.5 Å². The summed E-state index contributed by atoms with van der Waals surface area (Å²) >= 11 is 0. The minimum Gasteiger partial charge on any atom is -0.454 e. The normalized spacial score (nSPS) is 12.4. The van der Waals surface area contributed by atoms with Gasteiger partial charge < -0.3 is 19.7 Å². The van der Waals surface area contributed by atoms with E-state index in [1.54, 1.807) is 44.2 Å². The van der Waals surface area contributed by atoms with Crippen molar-refractivity contribution in [2.24, 2.45) is 0 Å². The van der Waals surface area contributed by atoms with Crippen molar-refractivity contribution in [1.82, 2.24) is 9.80 Å². The summed E-state index contributed by atoms with van der Waals surface area (Å²) in [5, 5.41) is 2.76. The molecule has 0 aliphatic carbocycles. The molecule has 0 atom stereocenters. The van der Waals surface area contributed by atoms with Crippen LogP contribution in [0.15, 0.2) is 18.2 Å². The largest absolute Gasteiger partial charge is 0.454 e. The number of benzene rings is 1. The third kappa shape index (κ3) is 4.09. The summed E-state index contributed by atoms with van der Waals surface area (Å²) in [5.74, 6) is 1.04. The molecule has 0 spiro atoms. The molecule has 0 saturated heterocycles. The molecular weight excluding hydrogens is 274 g/mol. The molecule has 0 fully saturated rings. The van der Waals surface area contributed by atoms with Crippen molar-refractivity contribution in [3.63, 3.8) is 0 Å². The van der Waals surface area contributed by atoms with Crippen molar-refractivity contribution >= 4 is 17.5 Å². The SMILES string of the molecule is CN(CC(=O)Nc1ccc2c(c1)OCO2)CC(=O)N(C)C. The monoisotopic (exact) mass is 293 g/mol. The number of hydrogen-bond acceptors (Lipinski definition) is 5. The molecule has 0 saturated carbocycles. The van der Waals surface area contributed by atoms with Crippen molar-refractivity contribution in [1.29, 1.82) is 0 Å². The average Bonchev–Trinajstić information content (AvgIpc) is 2.85. The van der Waals surface area contributed by atoms with Crippen LogP contribution in [0, 0.1) is 0 Å². The summed E-state index contributed by atoms with van der Waals surface area (Å²) in [4.78, 5) is 26.6. The summed E-state index contributed by atoms with van der Waals surface area (Å²) in [6, 6.07) is 5.21. The third-order valence-electron chi connectivity index (χ3n) is 2.97. The topological polar surface area (TPSA) is 71.1 Å². The van der Waals surface area contributed by atoms with E-state index in [2.05, 4.69) is 5.32 Å². The molecule has 1 N–H and O–H groups in total. The zero-order chi connectivity index (χ0) is 15.4. The zero-order valence-electron chi connectivity index (χ0n) is 12.4. The molecule has 1 aliphatic heterocycles. The van der Waals surface area contributed by atoms with E-state index in [1.807, 2.05) is 0 Å². The fourth-order valence-corrected chi connectivity index (χ4v) is 1.85. The number of anilines is 1. The minimum atomic E-state index is -0.192. The van der Waals surface area contributed by atoms with Crippen LogP contribution in [0.3, 0.4) is 0 Å². The lowest BCUT2D eigenvalue weighted by atomic mass is 10.2. The highest BCUT2D eigenvalue weighted by Gasteiger charge is 2.15. The highest BCUT2D eigenvalue weighted by Crippen LogP contribution is 2.34. The molecule has 0 aromatic heterocycles. The van der Waals surface area contributed by atoms with E-state index >= 15 is 0 Å². The Morgan fingerprint density at radius 3 is 2.57 bits per heavy atom. The van der Waals surface area contributed by atoms with E-state index in [0.717, 1.165) is 0 Å². The lowest BCUT2D eigenvalue weighted by molar-refractivity contribution is -0.130. The highest BCUT2D eigenvalue weighted by molar-refractivity contribution is 5.93. The van der Waals surface area contributed by atoms with Crippen molar-refractivity contribution in [3.8, 4) is 11.5 Å². The number of ether oxygens (including phenoxy) is 2. The van der Waals surface area contributed by atoms with Crippen LogP contribution in [0.25, 0.3) is 0 Å². The van der Waals surface area contributed by atoms with E-state index < -0.39 is 0 Å². The molecule has 2 amide bonds. The number of hydrogen-bond donors (Lipinski definition) is 1. The van der Waals surface area contributed by atoms with Crippen LogP contribution >= 0.6 is 0 Å². The molecule has 1 heterocycles. The van der Waals surface area contributed by atoms with Crippen LogP contribution in [-0.4, -0.2) is 62.6 Å². The van der Waals surface area contributed by atoms with Gasteiger partial charge in [0.05, 0.1) is 13.1 Å². The fourth-order valence-electron chi connectivity index (χ4n) is 1.85. The Bertz CT molecular complexity index is 545. The van der Waals surface area contributed by atoms with Crippen LogP contribution in [0.2, 0.25) is 0 Å². The maximum absolute atomic E-state index is 11.9. The second-order valence-electron chi connectivity index (χ2n) is 5.08. The lowest BCUT2D eigenvalue weighted by Crippen LogP contribution is -2.38. The Labute approximate surface area is 123 Å². The van der Waals surface area contributed by atoms with Gasteiger partial charge in [-0.3, -0.25) is 14.5 Å². The maximum atomic E-state index is 11.9. The van der Waals surface area contributed by atoms with Gasteiger partial charge in [0.1, 0.15) is 0 Å². The number of nitrogens with zero attached hydrogens (tertiary/aromatic N) is 2. The van der Waals surface area contributed by atoms with Crippen LogP contribution in [0.5, 0.6) is 11.5 Å². The van der Waals surface area contributed by atoms with Gasteiger partial charge in [-0.2, -0.15) is 0 Å². The van der Waals surface area contributed by atoms with Crippen molar-refractivity contribution < 1.29 is 19.1 Å². The molecule has 114 valence electrons. The van der Waals surface area contributed by atoms with Gasteiger partial charge in [-0.1, -0.05) is 0 Å². The van der Waals surface area contributed by atoms with Crippen LogP contribution in [-0.2, 0) is 9.59 Å². The van der Waals surface area contributed by atoms with Crippen molar-refractivity contribution in [2.75, 3.05) is 46.3 Å². The first-order chi connectivity index (χ1) is 9.95. The lowest BCUT2D eigenvalue weighted by Gasteiger charge is -2.18. The molecular formula is C14H19N3O4. The quantitative estimate of drug-likeness (QED) is 0.849. The predicted molar refractivity (Wildman–Crippen MR) is 77.4 cm³/mol. The van der Waals surface area contributed by atoms with Gasteiger partial charge in [0.2, 0.25) is 18.6 Å². The fraction of sp³-hybridized carbons (Fsp3) is 0.429. The van der Waals surface area contributed by atoms with Gasteiger partial charge in [0.25, 0.3) is 0 Å². The summed E-state index contributed by atoms with van der Waals surface area (Å²) in [7, 11) is 5.09. The molecule has 0 bridgehead atoms. The maximum Gasteiger partial charge on any atom is 0.238 e. The van der Waals surface area contributed by atoms with Crippen molar-refractivity contribution in [3.05, 3.63) is 18.2 Å². The van der Waals surface area contributed by atoms with Gasteiger partial charge in [-0.15, -0.1) is 0 Å². The van der Waals surface area contributed by atoms with E-state index in [9.17, 15) is 9.59 Å². The van der Waals surface area contributed by atoms with Gasteiger partial charge in [0, 0.05) is 25.8 Å². The Morgan fingerprint density at radius 1 is 1.14 bits per heavy atom. The number of nitrogens with one attached hydrogen (secondary N) is 1. The number of likely N-dealkylation sites (N-methyl/N-ethyl adjacent to an activating group) is 2. The van der Waals surface area contributed by atoms with Crippen LogP contribution in [0.1, 0.15) is 0 Å². The van der Waals surface area contributed by atoms with E-state index in [1.165, 1.54) is 4.90 Å². The van der Waals surface area contributed by atoms with Crippen molar-refractivity contribution in [2.45, 2.75) is 0 Å². The Morgan fingerprint density at radius 2 is 1.86 bits per heavy atom. The second-order valence-corrected chi connectivity index (χ2v) is 5.08. The molecule has 21 heavy (non-hydrogen) atoms. The van der Waals surface area contributed by atoms with E-state index in [-0.39, 0.29) is 31.7 Å². The zero-order valence-corrected chi connectivity index (χ0v) is 12.4. The first kappa shape index (κ1) is 15.1.